The van der Waals surface area contributed by atoms with E-state index in [1.807, 2.05) is 11.0 Å². The summed E-state index contributed by atoms with van der Waals surface area (Å²) in [4.78, 5) is 14.3. The van der Waals surface area contributed by atoms with Gasteiger partial charge >= 0.3 is 0 Å². The number of ether oxygens (including phenoxy) is 1. The van der Waals surface area contributed by atoms with Gasteiger partial charge in [0.1, 0.15) is 5.75 Å². The van der Waals surface area contributed by atoms with E-state index in [-0.39, 0.29) is 11.9 Å². The third kappa shape index (κ3) is 1.79. The van der Waals surface area contributed by atoms with Gasteiger partial charge in [0.25, 0.3) is 0 Å². The summed E-state index contributed by atoms with van der Waals surface area (Å²) in [6.45, 7) is 5.88. The Hall–Kier alpha value is -2.29. The molecule has 0 saturated heterocycles. The minimum atomic E-state index is 0.115. The molecule has 4 rings (SSSR count). The first-order valence-electron chi connectivity index (χ1n) is 8.10. The maximum Gasteiger partial charge on any atom is 0.224 e. The number of rotatable bonds is 1. The second-order valence-corrected chi connectivity index (χ2v) is 6.62. The van der Waals surface area contributed by atoms with Crippen molar-refractivity contribution in [1.29, 1.82) is 0 Å². The van der Waals surface area contributed by atoms with Gasteiger partial charge in [0.05, 0.1) is 13.2 Å². The molecule has 1 aliphatic carbocycles. The standard InChI is InChI=1S/C20H21NO2/c1-11-9-16-15(12(2)20(11)23-4)10-17-14-7-5-6-8-18(14)21(13(3)22)19(16)17/h5-9,17,19H,10H2,1-4H3/t17-,19-/m0/s1. The van der Waals surface area contributed by atoms with Gasteiger partial charge in [-0.1, -0.05) is 18.2 Å². The van der Waals surface area contributed by atoms with Crippen molar-refractivity contribution < 1.29 is 9.53 Å². The number of hydrogen-bond donors (Lipinski definition) is 0. The van der Waals surface area contributed by atoms with Gasteiger partial charge in [-0.15, -0.1) is 0 Å². The molecule has 118 valence electrons. The highest BCUT2D eigenvalue weighted by Gasteiger charge is 2.46. The third-order valence-corrected chi connectivity index (χ3v) is 5.41. The number of carbonyl (C=O) groups excluding carboxylic acids is 1. The van der Waals surface area contributed by atoms with Crippen LogP contribution in [0.1, 0.15) is 46.7 Å². The van der Waals surface area contributed by atoms with E-state index in [1.54, 1.807) is 14.0 Å². The van der Waals surface area contributed by atoms with E-state index in [2.05, 4.69) is 38.1 Å². The van der Waals surface area contributed by atoms with Crippen LogP contribution < -0.4 is 9.64 Å². The number of amides is 1. The number of hydrogen-bond acceptors (Lipinski definition) is 2. The zero-order chi connectivity index (χ0) is 16.3. The van der Waals surface area contributed by atoms with Gasteiger partial charge in [-0.25, -0.2) is 0 Å². The Morgan fingerprint density at radius 2 is 1.96 bits per heavy atom. The van der Waals surface area contributed by atoms with Crippen molar-refractivity contribution in [3.63, 3.8) is 0 Å². The third-order valence-electron chi connectivity index (χ3n) is 5.41. The number of para-hydroxylation sites is 1. The maximum absolute atomic E-state index is 12.4. The number of fused-ring (bicyclic) bond motifs is 5. The van der Waals surface area contributed by atoms with Crippen LogP contribution >= 0.6 is 0 Å². The normalized spacial score (nSPS) is 21.0. The molecule has 2 aromatic rings. The lowest BCUT2D eigenvalue weighted by molar-refractivity contribution is -0.117. The molecule has 0 N–H and O–H groups in total. The molecule has 2 atom stereocenters. The zero-order valence-electron chi connectivity index (χ0n) is 14.0. The van der Waals surface area contributed by atoms with Crippen molar-refractivity contribution >= 4 is 11.6 Å². The topological polar surface area (TPSA) is 29.5 Å². The molecule has 1 amide bonds. The van der Waals surface area contributed by atoms with Gasteiger partial charge in [-0.2, -0.15) is 0 Å². The minimum Gasteiger partial charge on any atom is -0.496 e. The lowest BCUT2D eigenvalue weighted by Crippen LogP contribution is -2.29. The molecule has 1 heterocycles. The highest BCUT2D eigenvalue weighted by molar-refractivity contribution is 5.96. The Labute approximate surface area is 136 Å². The minimum absolute atomic E-state index is 0.115. The molecule has 1 aliphatic heterocycles. The van der Waals surface area contributed by atoms with Gasteiger partial charge in [-0.3, -0.25) is 4.79 Å². The molecule has 0 spiro atoms. The lowest BCUT2D eigenvalue weighted by atomic mass is 9.96. The number of carbonyl (C=O) groups is 1. The van der Waals surface area contributed by atoms with Crippen LogP contribution in [-0.2, 0) is 11.2 Å². The average molecular weight is 307 g/mol. The average Bonchev–Trinajstić information content (AvgIpc) is 3.03. The quantitative estimate of drug-likeness (QED) is 0.795. The summed E-state index contributed by atoms with van der Waals surface area (Å²) in [5.74, 6) is 1.45. The molecule has 0 bridgehead atoms. The summed E-state index contributed by atoms with van der Waals surface area (Å²) in [7, 11) is 1.73. The molecule has 23 heavy (non-hydrogen) atoms. The Morgan fingerprint density at radius 1 is 1.22 bits per heavy atom. The number of anilines is 1. The van der Waals surface area contributed by atoms with Crippen molar-refractivity contribution in [2.75, 3.05) is 12.0 Å². The fourth-order valence-corrected chi connectivity index (χ4v) is 4.57. The molecule has 0 saturated carbocycles. The van der Waals surface area contributed by atoms with Crippen molar-refractivity contribution in [3.05, 3.63) is 58.1 Å². The van der Waals surface area contributed by atoms with E-state index in [9.17, 15) is 4.79 Å². The van der Waals surface area contributed by atoms with Gasteiger partial charge in [0.15, 0.2) is 0 Å². The number of aryl methyl sites for hydroxylation is 1. The van der Waals surface area contributed by atoms with Crippen LogP contribution in [0.25, 0.3) is 0 Å². The van der Waals surface area contributed by atoms with Crippen molar-refractivity contribution in [2.45, 2.75) is 39.2 Å². The second-order valence-electron chi connectivity index (χ2n) is 6.62. The van der Waals surface area contributed by atoms with Gasteiger partial charge in [0, 0.05) is 18.5 Å². The molecular weight excluding hydrogens is 286 g/mol. The summed E-state index contributed by atoms with van der Waals surface area (Å²) in [6, 6.07) is 10.7. The summed E-state index contributed by atoms with van der Waals surface area (Å²) in [5.41, 5.74) is 7.37. The largest absolute Gasteiger partial charge is 0.496 e. The number of methoxy groups -OCH3 is 1. The van der Waals surface area contributed by atoms with E-state index < -0.39 is 0 Å². The highest BCUT2D eigenvalue weighted by Crippen LogP contribution is 2.56. The number of nitrogens with zero attached hydrogens (tertiary/aromatic N) is 1. The molecule has 0 aromatic heterocycles. The molecule has 2 aromatic carbocycles. The first-order chi connectivity index (χ1) is 11.0. The fraction of sp³-hybridized carbons (Fsp3) is 0.350. The van der Waals surface area contributed by atoms with E-state index in [0.717, 1.165) is 23.4 Å². The molecule has 0 radical (unpaired) electrons. The van der Waals surface area contributed by atoms with E-state index in [1.165, 1.54) is 22.3 Å². The van der Waals surface area contributed by atoms with Crippen LogP contribution in [0.2, 0.25) is 0 Å². The van der Waals surface area contributed by atoms with Crippen molar-refractivity contribution in [2.24, 2.45) is 0 Å². The van der Waals surface area contributed by atoms with Gasteiger partial charge < -0.3 is 9.64 Å². The van der Waals surface area contributed by atoms with E-state index in [4.69, 9.17) is 4.74 Å². The lowest BCUT2D eigenvalue weighted by Gasteiger charge is -2.25. The molecule has 0 fully saturated rings. The van der Waals surface area contributed by atoms with Crippen LogP contribution in [0.5, 0.6) is 5.75 Å². The van der Waals surface area contributed by atoms with Crippen molar-refractivity contribution in [1.82, 2.24) is 0 Å². The maximum atomic E-state index is 12.4. The summed E-state index contributed by atoms with van der Waals surface area (Å²) >= 11 is 0. The van der Waals surface area contributed by atoms with Crippen LogP contribution in [-0.4, -0.2) is 13.0 Å². The van der Waals surface area contributed by atoms with Crippen LogP contribution in [0, 0.1) is 13.8 Å². The molecule has 3 heteroatoms. The Morgan fingerprint density at radius 3 is 2.65 bits per heavy atom. The Kier molecular flexibility index (Phi) is 3.02. The highest BCUT2D eigenvalue weighted by atomic mass is 16.5. The van der Waals surface area contributed by atoms with Crippen LogP contribution in [0.3, 0.4) is 0 Å². The van der Waals surface area contributed by atoms with Crippen LogP contribution in [0.15, 0.2) is 30.3 Å². The van der Waals surface area contributed by atoms with E-state index in [0.29, 0.717) is 5.92 Å². The molecule has 0 unspecified atom stereocenters. The first-order valence-corrected chi connectivity index (χ1v) is 8.10. The summed E-state index contributed by atoms with van der Waals surface area (Å²) in [5, 5.41) is 0. The predicted molar refractivity (Wildman–Crippen MR) is 91.3 cm³/mol. The monoisotopic (exact) mass is 307 g/mol. The first kappa shape index (κ1) is 14.3. The SMILES string of the molecule is COc1c(C)cc2c(c1C)C[C@H]1c3ccccc3N(C(C)=O)[C@@H]21. The summed E-state index contributed by atoms with van der Waals surface area (Å²) < 4.78 is 5.59. The predicted octanol–water partition coefficient (Wildman–Crippen LogP) is 4.06. The van der Waals surface area contributed by atoms with Crippen LogP contribution in [0.4, 0.5) is 5.69 Å². The van der Waals surface area contributed by atoms with Gasteiger partial charge in [-0.05, 0) is 60.2 Å². The molecule has 3 nitrogen and oxygen atoms in total. The van der Waals surface area contributed by atoms with E-state index >= 15 is 0 Å². The number of benzene rings is 2. The smallest absolute Gasteiger partial charge is 0.224 e. The molecular formula is C20H21NO2. The fourth-order valence-electron chi connectivity index (χ4n) is 4.57. The second kappa shape index (κ2) is 4.85. The van der Waals surface area contributed by atoms with Crippen molar-refractivity contribution in [3.8, 4) is 5.75 Å². The zero-order valence-corrected chi connectivity index (χ0v) is 14.0. The summed E-state index contributed by atoms with van der Waals surface area (Å²) in [6.07, 6.45) is 0.975. The van der Waals surface area contributed by atoms with Gasteiger partial charge in [0.2, 0.25) is 5.91 Å². The molecule has 2 aliphatic rings. The Bertz CT molecular complexity index is 825. The Balaban J connectivity index is 1.94.